The van der Waals surface area contributed by atoms with Gasteiger partial charge in [0, 0.05) is 22.0 Å². The molecule has 0 fully saturated rings. The van der Waals surface area contributed by atoms with Gasteiger partial charge in [0.1, 0.15) is 11.6 Å². The van der Waals surface area contributed by atoms with Gasteiger partial charge in [-0.15, -0.1) is 0 Å². The Morgan fingerprint density at radius 2 is 1.83 bits per heavy atom. The molecular weight excluding hydrogens is 469 g/mol. The van der Waals surface area contributed by atoms with Gasteiger partial charge in [-0.25, -0.2) is 4.39 Å². The smallest absolute Gasteiger partial charge is 0.255 e. The second-order valence-corrected chi connectivity index (χ2v) is 8.46. The Hall–Kier alpha value is -2.37. The summed E-state index contributed by atoms with van der Waals surface area (Å²) >= 11 is 9.43. The second kappa shape index (κ2) is 10.6. The average Bonchev–Trinajstić information content (AvgIpc) is 2.74. The highest BCUT2D eigenvalue weighted by molar-refractivity contribution is 9.10. The molecule has 2 N–H and O–H groups in total. The number of rotatable bonds is 8. The summed E-state index contributed by atoms with van der Waals surface area (Å²) in [7, 11) is 0. The molecule has 0 radical (unpaired) electrons. The van der Waals surface area contributed by atoms with E-state index in [4.69, 9.17) is 11.6 Å². The first-order chi connectivity index (χ1) is 14.4. The maximum atomic E-state index is 14.0. The van der Waals surface area contributed by atoms with E-state index in [-0.39, 0.29) is 29.0 Å². The minimum absolute atomic E-state index is 0.0494. The number of carbonyl (C=O) groups is 1. The Bertz CT molecular complexity index is 1010. The van der Waals surface area contributed by atoms with E-state index in [0.29, 0.717) is 23.6 Å². The van der Waals surface area contributed by atoms with Crippen molar-refractivity contribution in [3.63, 3.8) is 0 Å². The van der Waals surface area contributed by atoms with Crippen molar-refractivity contribution in [1.82, 2.24) is 5.32 Å². The van der Waals surface area contributed by atoms with Crippen LogP contribution in [0, 0.1) is 5.82 Å². The molecule has 0 saturated carbocycles. The number of halogens is 3. The molecular formula is C24H22BrClFNO2. The highest BCUT2D eigenvalue weighted by atomic mass is 79.9. The van der Waals surface area contributed by atoms with Crippen molar-refractivity contribution in [1.29, 1.82) is 0 Å². The lowest BCUT2D eigenvalue weighted by Gasteiger charge is -2.19. The van der Waals surface area contributed by atoms with Crippen LogP contribution in [-0.2, 0) is 6.42 Å². The van der Waals surface area contributed by atoms with Crippen LogP contribution in [0.4, 0.5) is 4.39 Å². The monoisotopic (exact) mass is 489 g/mol. The lowest BCUT2D eigenvalue weighted by atomic mass is 9.92. The van der Waals surface area contributed by atoms with Crippen LogP contribution >= 0.6 is 27.5 Å². The number of nitrogens with one attached hydrogen (secondary N) is 1. The molecule has 0 aliphatic carbocycles. The fourth-order valence-corrected chi connectivity index (χ4v) is 3.83. The normalized spacial score (nSPS) is 11.8. The van der Waals surface area contributed by atoms with E-state index in [1.54, 1.807) is 30.3 Å². The first kappa shape index (κ1) is 22.3. The fourth-order valence-electron chi connectivity index (χ4n) is 3.37. The topological polar surface area (TPSA) is 49.3 Å². The Morgan fingerprint density at radius 1 is 1.10 bits per heavy atom. The van der Waals surface area contributed by atoms with Crippen LogP contribution in [0.3, 0.4) is 0 Å². The molecule has 156 valence electrons. The fraction of sp³-hybridized carbons (Fsp3) is 0.208. The summed E-state index contributed by atoms with van der Waals surface area (Å²) in [6.45, 7) is 0.410. The molecule has 0 aromatic heterocycles. The van der Waals surface area contributed by atoms with E-state index < -0.39 is 0 Å². The summed E-state index contributed by atoms with van der Waals surface area (Å²) < 4.78 is 15.0. The average molecular weight is 491 g/mol. The van der Waals surface area contributed by atoms with Gasteiger partial charge in [-0.1, -0.05) is 51.8 Å². The third-order valence-electron chi connectivity index (χ3n) is 5.01. The van der Waals surface area contributed by atoms with Crippen LogP contribution in [0.2, 0.25) is 5.02 Å². The minimum Gasteiger partial charge on any atom is -0.507 e. The number of aromatic hydroxyl groups is 1. The molecule has 3 aromatic rings. The van der Waals surface area contributed by atoms with Gasteiger partial charge in [-0.05, 0) is 72.9 Å². The van der Waals surface area contributed by atoms with Crippen LogP contribution in [0.1, 0.15) is 40.2 Å². The van der Waals surface area contributed by atoms with Crippen molar-refractivity contribution in [3.8, 4) is 5.75 Å². The third kappa shape index (κ3) is 6.07. The highest BCUT2D eigenvalue weighted by Crippen LogP contribution is 2.25. The van der Waals surface area contributed by atoms with Crippen LogP contribution in [0.25, 0.3) is 0 Å². The lowest BCUT2D eigenvalue weighted by Crippen LogP contribution is -2.28. The number of hydrogen-bond donors (Lipinski definition) is 2. The van der Waals surface area contributed by atoms with Crippen molar-refractivity contribution in [2.45, 2.75) is 25.2 Å². The Morgan fingerprint density at radius 3 is 2.57 bits per heavy atom. The van der Waals surface area contributed by atoms with E-state index >= 15 is 0 Å². The molecule has 6 heteroatoms. The van der Waals surface area contributed by atoms with Gasteiger partial charge in [0.15, 0.2) is 0 Å². The van der Waals surface area contributed by atoms with Gasteiger partial charge in [0.2, 0.25) is 0 Å². The summed E-state index contributed by atoms with van der Waals surface area (Å²) in [5.41, 5.74) is 1.92. The van der Waals surface area contributed by atoms with Gasteiger partial charge >= 0.3 is 0 Å². The standard InChI is InChI=1S/C24H22BrClFNO2/c25-19-10-8-16(9-11-19)18(5-3-4-17-14-20(26)12-13-22(17)27)15-28-24(30)21-6-1-2-7-23(21)29/h1-2,6-14,18,29H,3-5,15H2,(H,28,30). The number of benzene rings is 3. The summed E-state index contributed by atoms with van der Waals surface area (Å²) in [5, 5.41) is 13.3. The molecule has 0 aliphatic rings. The van der Waals surface area contributed by atoms with E-state index in [2.05, 4.69) is 21.2 Å². The van der Waals surface area contributed by atoms with Crippen LogP contribution in [0.5, 0.6) is 5.75 Å². The number of amides is 1. The van der Waals surface area contributed by atoms with Crippen LogP contribution in [0.15, 0.2) is 71.2 Å². The SMILES string of the molecule is O=C(NCC(CCCc1cc(Cl)ccc1F)c1ccc(Br)cc1)c1ccccc1O. The molecule has 3 aromatic carbocycles. The summed E-state index contributed by atoms with van der Waals surface area (Å²) in [6.07, 6.45) is 2.06. The van der Waals surface area contributed by atoms with Crippen molar-refractivity contribution >= 4 is 33.4 Å². The van der Waals surface area contributed by atoms with E-state index in [0.717, 1.165) is 22.9 Å². The Kier molecular flexibility index (Phi) is 7.88. The van der Waals surface area contributed by atoms with Crippen molar-refractivity contribution < 1.29 is 14.3 Å². The zero-order valence-corrected chi connectivity index (χ0v) is 18.6. The van der Waals surface area contributed by atoms with Crippen LogP contribution in [-0.4, -0.2) is 17.6 Å². The quantitative estimate of drug-likeness (QED) is 0.379. The Labute approximate surface area is 189 Å². The number of para-hydroxylation sites is 1. The first-order valence-electron chi connectivity index (χ1n) is 9.69. The zero-order chi connectivity index (χ0) is 21.5. The number of hydrogen-bond acceptors (Lipinski definition) is 2. The predicted octanol–water partition coefficient (Wildman–Crippen LogP) is 6.48. The van der Waals surface area contributed by atoms with E-state index in [1.165, 1.54) is 12.1 Å². The predicted molar refractivity (Wildman–Crippen MR) is 122 cm³/mol. The largest absolute Gasteiger partial charge is 0.507 e. The molecule has 1 atom stereocenters. The highest BCUT2D eigenvalue weighted by Gasteiger charge is 2.16. The number of carbonyl (C=O) groups excluding carboxylic acids is 1. The van der Waals surface area contributed by atoms with Gasteiger partial charge in [-0.2, -0.15) is 0 Å². The van der Waals surface area contributed by atoms with E-state index in [1.807, 2.05) is 24.3 Å². The molecule has 0 bridgehead atoms. The Balaban J connectivity index is 1.67. The molecule has 3 rings (SSSR count). The van der Waals surface area contributed by atoms with Gasteiger partial charge in [0.25, 0.3) is 5.91 Å². The number of phenolic OH excluding ortho intramolecular Hbond substituents is 1. The van der Waals surface area contributed by atoms with Gasteiger partial charge in [-0.3, -0.25) is 4.79 Å². The van der Waals surface area contributed by atoms with Crippen molar-refractivity contribution in [2.24, 2.45) is 0 Å². The number of phenols is 1. The number of aryl methyl sites for hydroxylation is 1. The first-order valence-corrected chi connectivity index (χ1v) is 10.9. The van der Waals surface area contributed by atoms with Crippen molar-refractivity contribution in [2.75, 3.05) is 6.54 Å². The molecule has 3 nitrogen and oxygen atoms in total. The summed E-state index contributed by atoms with van der Waals surface area (Å²) in [6, 6.07) is 19.0. The molecule has 1 amide bonds. The maximum Gasteiger partial charge on any atom is 0.255 e. The molecule has 30 heavy (non-hydrogen) atoms. The summed E-state index contributed by atoms with van der Waals surface area (Å²) in [5.74, 6) is -0.578. The molecule has 0 saturated heterocycles. The van der Waals surface area contributed by atoms with Crippen molar-refractivity contribution in [3.05, 3.63) is 98.7 Å². The molecule has 0 heterocycles. The summed E-state index contributed by atoms with van der Waals surface area (Å²) in [4.78, 5) is 12.5. The lowest BCUT2D eigenvalue weighted by molar-refractivity contribution is 0.0948. The minimum atomic E-state index is -0.323. The molecule has 0 aliphatic heterocycles. The second-order valence-electron chi connectivity index (χ2n) is 7.10. The van der Waals surface area contributed by atoms with Gasteiger partial charge in [0.05, 0.1) is 5.56 Å². The molecule has 0 spiro atoms. The molecule has 1 unspecified atom stereocenters. The third-order valence-corrected chi connectivity index (χ3v) is 5.77. The maximum absolute atomic E-state index is 14.0. The van der Waals surface area contributed by atoms with Gasteiger partial charge < -0.3 is 10.4 Å². The zero-order valence-electron chi connectivity index (χ0n) is 16.2. The van der Waals surface area contributed by atoms with E-state index in [9.17, 15) is 14.3 Å². The van der Waals surface area contributed by atoms with Crippen LogP contribution < -0.4 is 5.32 Å².